The highest BCUT2D eigenvalue weighted by atomic mass is 32.2. The Kier molecular flexibility index (Phi) is 6.86. The monoisotopic (exact) mass is 448 g/mol. The number of allylic oxidation sites excluding steroid dienone is 1. The smallest absolute Gasteiger partial charge is 0.263 e. The predicted octanol–water partition coefficient (Wildman–Crippen LogP) is 2.94. The number of hydrogen-bond acceptors (Lipinski definition) is 6. The third-order valence-electron chi connectivity index (χ3n) is 4.90. The Labute approximate surface area is 189 Å². The number of hydrogen-bond donors (Lipinski definition) is 2. The molecule has 0 aliphatic heterocycles. The number of amides is 1. The van der Waals surface area contributed by atoms with Crippen molar-refractivity contribution in [3.8, 4) is 0 Å². The molecule has 0 atom stereocenters. The normalized spacial score (nSPS) is 11.0. The summed E-state index contributed by atoms with van der Waals surface area (Å²) in [5.74, 6) is 0.570. The summed E-state index contributed by atoms with van der Waals surface area (Å²) < 4.78 is 3.36. The van der Waals surface area contributed by atoms with Crippen LogP contribution in [0.4, 0.5) is 5.69 Å². The van der Waals surface area contributed by atoms with Crippen molar-refractivity contribution in [1.29, 1.82) is 0 Å². The van der Waals surface area contributed by atoms with E-state index in [9.17, 15) is 9.59 Å². The van der Waals surface area contributed by atoms with Gasteiger partial charge in [-0.15, -0.1) is 16.8 Å². The Morgan fingerprint density at radius 3 is 2.66 bits per heavy atom. The molecular formula is C23H24N6O2S. The van der Waals surface area contributed by atoms with E-state index in [0.717, 1.165) is 18.7 Å². The first-order valence-corrected chi connectivity index (χ1v) is 11.3. The van der Waals surface area contributed by atoms with Gasteiger partial charge in [0.25, 0.3) is 5.56 Å². The molecule has 0 unspecified atom stereocenters. The molecule has 1 amide bonds. The zero-order valence-corrected chi connectivity index (χ0v) is 18.3. The third kappa shape index (κ3) is 4.67. The van der Waals surface area contributed by atoms with Gasteiger partial charge in [0.2, 0.25) is 11.7 Å². The fourth-order valence-electron chi connectivity index (χ4n) is 3.41. The minimum Gasteiger partial charge on any atom is -0.385 e. The third-order valence-corrected chi connectivity index (χ3v) is 5.83. The Balaban J connectivity index is 1.39. The van der Waals surface area contributed by atoms with Crippen molar-refractivity contribution in [2.24, 2.45) is 0 Å². The zero-order chi connectivity index (χ0) is 22.3. The number of thioether (sulfide) groups is 1. The first-order chi connectivity index (χ1) is 15.7. The van der Waals surface area contributed by atoms with E-state index in [0.29, 0.717) is 34.9 Å². The molecule has 4 rings (SSSR count). The number of rotatable bonds is 10. The van der Waals surface area contributed by atoms with Crippen LogP contribution in [-0.4, -0.2) is 43.9 Å². The highest BCUT2D eigenvalue weighted by molar-refractivity contribution is 7.99. The van der Waals surface area contributed by atoms with Gasteiger partial charge in [0.05, 0.1) is 16.7 Å². The van der Waals surface area contributed by atoms with Crippen molar-refractivity contribution >= 4 is 40.0 Å². The first-order valence-electron chi connectivity index (χ1n) is 10.3. The quantitative estimate of drug-likeness (QED) is 0.220. The topological polar surface area (TPSA) is 93.3 Å². The van der Waals surface area contributed by atoms with Gasteiger partial charge in [0, 0.05) is 25.3 Å². The maximum Gasteiger partial charge on any atom is 0.263 e. The van der Waals surface area contributed by atoms with Gasteiger partial charge in [0.15, 0.2) is 5.16 Å². The van der Waals surface area contributed by atoms with Crippen molar-refractivity contribution in [3.63, 3.8) is 0 Å². The number of para-hydroxylation sites is 2. The zero-order valence-electron chi connectivity index (χ0n) is 17.5. The van der Waals surface area contributed by atoms with E-state index in [1.165, 1.54) is 16.3 Å². The summed E-state index contributed by atoms with van der Waals surface area (Å²) in [4.78, 5) is 25.1. The SMILES string of the molecule is C=CCn1c(=O)c2ccccc2n2c(SCC(=O)NCCCNc3ccccc3)nnc12. The average Bonchev–Trinajstić information content (AvgIpc) is 3.25. The number of benzene rings is 2. The Bertz CT molecular complexity index is 1300. The molecule has 164 valence electrons. The van der Waals surface area contributed by atoms with Gasteiger partial charge >= 0.3 is 0 Å². The molecule has 2 heterocycles. The van der Waals surface area contributed by atoms with Gasteiger partial charge < -0.3 is 10.6 Å². The first kappa shape index (κ1) is 21.6. The van der Waals surface area contributed by atoms with Crippen molar-refractivity contribution in [2.45, 2.75) is 18.1 Å². The van der Waals surface area contributed by atoms with Crippen LogP contribution < -0.4 is 16.2 Å². The van der Waals surface area contributed by atoms with E-state index >= 15 is 0 Å². The summed E-state index contributed by atoms with van der Waals surface area (Å²) in [5.41, 5.74) is 1.64. The average molecular weight is 449 g/mol. The molecular weight excluding hydrogens is 424 g/mol. The van der Waals surface area contributed by atoms with E-state index in [4.69, 9.17) is 0 Å². The lowest BCUT2D eigenvalue weighted by Gasteiger charge is -2.10. The Hall–Kier alpha value is -3.59. The Morgan fingerprint density at radius 1 is 1.06 bits per heavy atom. The molecule has 0 aliphatic carbocycles. The number of carbonyl (C=O) groups excluding carboxylic acids is 1. The fraction of sp³-hybridized carbons (Fsp3) is 0.217. The lowest BCUT2D eigenvalue weighted by Crippen LogP contribution is -2.27. The number of nitrogens with zero attached hydrogens (tertiary/aromatic N) is 4. The van der Waals surface area contributed by atoms with Gasteiger partial charge in [-0.05, 0) is 30.7 Å². The molecule has 0 aliphatic rings. The van der Waals surface area contributed by atoms with Crippen LogP contribution in [0.3, 0.4) is 0 Å². The van der Waals surface area contributed by atoms with Gasteiger partial charge in [-0.25, -0.2) is 0 Å². The standard InChI is InChI=1S/C23H24N6O2S/c1-2-15-28-21(31)18-11-6-7-12-19(18)29-22(28)26-27-23(29)32-16-20(30)25-14-8-13-24-17-9-4-3-5-10-17/h2-7,9-12,24H,1,8,13-16H2,(H,25,30). The molecule has 0 bridgehead atoms. The van der Waals surface area contributed by atoms with Crippen LogP contribution in [0, 0.1) is 0 Å². The van der Waals surface area contributed by atoms with Crippen LogP contribution in [0.2, 0.25) is 0 Å². The van der Waals surface area contributed by atoms with Crippen molar-refractivity contribution in [3.05, 3.63) is 77.6 Å². The van der Waals surface area contributed by atoms with Crippen LogP contribution >= 0.6 is 11.8 Å². The van der Waals surface area contributed by atoms with E-state index < -0.39 is 0 Å². The number of anilines is 1. The molecule has 0 spiro atoms. The minimum atomic E-state index is -0.140. The second-order valence-corrected chi connectivity index (χ2v) is 8.07. The van der Waals surface area contributed by atoms with E-state index in [1.807, 2.05) is 52.9 Å². The summed E-state index contributed by atoms with van der Waals surface area (Å²) in [6.45, 7) is 5.42. The molecule has 9 heteroatoms. The molecule has 0 saturated heterocycles. The molecule has 2 N–H and O–H groups in total. The van der Waals surface area contributed by atoms with Crippen LogP contribution in [0.15, 0.2) is 77.2 Å². The Morgan fingerprint density at radius 2 is 1.84 bits per heavy atom. The van der Waals surface area contributed by atoms with Gasteiger partial charge in [0.1, 0.15) is 0 Å². The molecule has 0 fully saturated rings. The molecule has 8 nitrogen and oxygen atoms in total. The maximum atomic E-state index is 12.8. The van der Waals surface area contributed by atoms with Crippen molar-refractivity contribution in [1.82, 2.24) is 24.5 Å². The number of carbonyl (C=O) groups is 1. The van der Waals surface area contributed by atoms with Gasteiger partial charge in [-0.1, -0.05) is 48.2 Å². The largest absolute Gasteiger partial charge is 0.385 e. The molecule has 2 aromatic carbocycles. The summed E-state index contributed by atoms with van der Waals surface area (Å²) in [7, 11) is 0. The second-order valence-electron chi connectivity index (χ2n) is 7.12. The number of fused-ring (bicyclic) bond motifs is 3. The highest BCUT2D eigenvalue weighted by Crippen LogP contribution is 2.21. The molecule has 2 aromatic heterocycles. The van der Waals surface area contributed by atoms with Gasteiger partial charge in [-0.3, -0.25) is 18.6 Å². The highest BCUT2D eigenvalue weighted by Gasteiger charge is 2.16. The van der Waals surface area contributed by atoms with E-state index in [-0.39, 0.29) is 17.2 Å². The molecule has 0 radical (unpaired) electrons. The van der Waals surface area contributed by atoms with Crippen molar-refractivity contribution in [2.75, 3.05) is 24.2 Å². The summed E-state index contributed by atoms with van der Waals surface area (Å²) >= 11 is 1.29. The summed E-state index contributed by atoms with van der Waals surface area (Å²) in [6.07, 6.45) is 2.47. The predicted molar refractivity (Wildman–Crippen MR) is 128 cm³/mol. The lowest BCUT2D eigenvalue weighted by atomic mass is 10.2. The molecule has 32 heavy (non-hydrogen) atoms. The molecule has 0 saturated carbocycles. The van der Waals surface area contributed by atoms with Crippen LogP contribution in [0.5, 0.6) is 0 Å². The van der Waals surface area contributed by atoms with Crippen LogP contribution in [0.25, 0.3) is 16.7 Å². The summed E-state index contributed by atoms with van der Waals surface area (Å²) in [5, 5.41) is 15.8. The fourth-order valence-corrected chi connectivity index (χ4v) is 4.18. The van der Waals surface area contributed by atoms with E-state index in [2.05, 4.69) is 27.4 Å². The van der Waals surface area contributed by atoms with Gasteiger partial charge in [-0.2, -0.15) is 0 Å². The summed E-state index contributed by atoms with van der Waals surface area (Å²) in [6, 6.07) is 17.3. The number of nitrogens with one attached hydrogen (secondary N) is 2. The van der Waals surface area contributed by atoms with E-state index in [1.54, 1.807) is 12.1 Å². The van der Waals surface area contributed by atoms with Crippen LogP contribution in [0.1, 0.15) is 6.42 Å². The maximum absolute atomic E-state index is 12.8. The second kappa shape index (κ2) is 10.1. The minimum absolute atomic E-state index is 0.0739. The van der Waals surface area contributed by atoms with Crippen molar-refractivity contribution < 1.29 is 4.79 Å². The molecule has 4 aromatic rings. The number of aromatic nitrogens is 4. The van der Waals surface area contributed by atoms with Crippen LogP contribution in [-0.2, 0) is 11.3 Å². The lowest BCUT2D eigenvalue weighted by molar-refractivity contribution is -0.118.